The van der Waals surface area contributed by atoms with Gasteiger partial charge in [-0.25, -0.2) is 4.98 Å². The van der Waals surface area contributed by atoms with E-state index in [1.54, 1.807) is 6.20 Å². The Labute approximate surface area is 136 Å². The van der Waals surface area contributed by atoms with Crippen molar-refractivity contribution in [2.24, 2.45) is 0 Å². The lowest BCUT2D eigenvalue weighted by Gasteiger charge is -2.28. The number of rotatable bonds is 4. The standard InChI is InChI=1S/C18H21N3O2/c1-14-3-2-4-15(11-14)12-18(22)20-17-6-5-16(13-19-17)21-7-9-23-10-8-21/h2-6,11,13H,7-10,12H2,1H3,(H,19,20,22). The van der Waals surface area contributed by atoms with Gasteiger partial charge in [0.05, 0.1) is 31.5 Å². The van der Waals surface area contributed by atoms with Crippen LogP contribution in [0.3, 0.4) is 0 Å². The van der Waals surface area contributed by atoms with Crippen molar-refractivity contribution in [3.8, 4) is 0 Å². The number of pyridine rings is 1. The largest absolute Gasteiger partial charge is 0.378 e. The molecule has 5 nitrogen and oxygen atoms in total. The highest BCUT2D eigenvalue weighted by molar-refractivity contribution is 5.91. The first-order valence-electron chi connectivity index (χ1n) is 7.85. The normalized spacial score (nSPS) is 14.6. The summed E-state index contributed by atoms with van der Waals surface area (Å²) in [5.74, 6) is 0.530. The monoisotopic (exact) mass is 311 g/mol. The van der Waals surface area contributed by atoms with Crippen LogP contribution in [0.4, 0.5) is 11.5 Å². The lowest BCUT2D eigenvalue weighted by atomic mass is 10.1. The zero-order chi connectivity index (χ0) is 16.1. The molecule has 0 unspecified atom stereocenters. The lowest BCUT2D eigenvalue weighted by Crippen LogP contribution is -2.36. The van der Waals surface area contributed by atoms with Crippen LogP contribution in [0.2, 0.25) is 0 Å². The van der Waals surface area contributed by atoms with Crippen LogP contribution >= 0.6 is 0 Å². The number of ether oxygens (including phenoxy) is 1. The van der Waals surface area contributed by atoms with Crippen LogP contribution in [0.5, 0.6) is 0 Å². The van der Waals surface area contributed by atoms with E-state index < -0.39 is 0 Å². The molecule has 1 fully saturated rings. The second kappa shape index (κ2) is 7.24. The van der Waals surface area contributed by atoms with Crippen LogP contribution < -0.4 is 10.2 Å². The Balaban J connectivity index is 1.58. The molecule has 1 aromatic heterocycles. The van der Waals surface area contributed by atoms with E-state index >= 15 is 0 Å². The Morgan fingerprint density at radius 2 is 2.09 bits per heavy atom. The van der Waals surface area contributed by atoms with Gasteiger partial charge in [0.15, 0.2) is 0 Å². The Morgan fingerprint density at radius 1 is 1.26 bits per heavy atom. The van der Waals surface area contributed by atoms with Gasteiger partial charge in [-0.2, -0.15) is 0 Å². The number of amides is 1. The Morgan fingerprint density at radius 3 is 2.78 bits per heavy atom. The Bertz CT molecular complexity index is 664. The molecule has 1 aliphatic heterocycles. The first-order valence-corrected chi connectivity index (χ1v) is 7.85. The van der Waals surface area contributed by atoms with E-state index in [-0.39, 0.29) is 5.91 Å². The number of aryl methyl sites for hydroxylation is 1. The number of anilines is 2. The number of nitrogens with one attached hydrogen (secondary N) is 1. The summed E-state index contributed by atoms with van der Waals surface area (Å²) < 4.78 is 5.34. The van der Waals surface area contributed by atoms with Crippen LogP contribution in [0, 0.1) is 6.92 Å². The van der Waals surface area contributed by atoms with Crippen molar-refractivity contribution in [2.75, 3.05) is 36.5 Å². The van der Waals surface area contributed by atoms with Gasteiger partial charge < -0.3 is 15.0 Å². The third kappa shape index (κ3) is 4.29. The number of aromatic nitrogens is 1. The molecule has 0 saturated carbocycles. The molecule has 0 radical (unpaired) electrons. The summed E-state index contributed by atoms with van der Waals surface area (Å²) in [6.07, 6.45) is 2.15. The Hall–Kier alpha value is -2.40. The van der Waals surface area contributed by atoms with Crippen molar-refractivity contribution in [3.63, 3.8) is 0 Å². The summed E-state index contributed by atoms with van der Waals surface area (Å²) in [7, 11) is 0. The molecular weight excluding hydrogens is 290 g/mol. The van der Waals surface area contributed by atoms with Crippen molar-refractivity contribution in [2.45, 2.75) is 13.3 Å². The van der Waals surface area contributed by atoms with Gasteiger partial charge >= 0.3 is 0 Å². The van der Waals surface area contributed by atoms with Gasteiger partial charge in [-0.3, -0.25) is 4.79 Å². The maximum Gasteiger partial charge on any atom is 0.229 e. The number of benzene rings is 1. The van der Waals surface area contributed by atoms with Gasteiger partial charge in [0.2, 0.25) is 5.91 Å². The number of carbonyl (C=O) groups is 1. The highest BCUT2D eigenvalue weighted by Crippen LogP contribution is 2.16. The molecule has 0 atom stereocenters. The summed E-state index contributed by atoms with van der Waals surface area (Å²) in [6, 6.07) is 11.8. The fourth-order valence-electron chi connectivity index (χ4n) is 2.66. The van der Waals surface area contributed by atoms with Gasteiger partial charge in [0, 0.05) is 13.1 Å². The first-order chi connectivity index (χ1) is 11.2. The van der Waals surface area contributed by atoms with E-state index in [1.807, 2.05) is 43.3 Å². The lowest BCUT2D eigenvalue weighted by molar-refractivity contribution is -0.115. The van der Waals surface area contributed by atoms with E-state index in [2.05, 4.69) is 15.2 Å². The molecule has 1 saturated heterocycles. The van der Waals surface area contributed by atoms with Crippen molar-refractivity contribution >= 4 is 17.4 Å². The van der Waals surface area contributed by atoms with Crippen LogP contribution in [0.1, 0.15) is 11.1 Å². The molecule has 5 heteroatoms. The number of carbonyl (C=O) groups excluding carboxylic acids is 1. The summed E-state index contributed by atoms with van der Waals surface area (Å²) >= 11 is 0. The molecule has 0 aliphatic carbocycles. The maximum absolute atomic E-state index is 12.1. The fraction of sp³-hybridized carbons (Fsp3) is 0.333. The number of nitrogens with zero attached hydrogens (tertiary/aromatic N) is 2. The van der Waals surface area contributed by atoms with E-state index in [0.29, 0.717) is 12.2 Å². The zero-order valence-electron chi connectivity index (χ0n) is 13.3. The quantitative estimate of drug-likeness (QED) is 0.942. The fourth-order valence-corrected chi connectivity index (χ4v) is 2.66. The molecule has 3 rings (SSSR count). The minimum Gasteiger partial charge on any atom is -0.378 e. The van der Waals surface area contributed by atoms with Gasteiger partial charge in [0.25, 0.3) is 0 Å². The first kappa shape index (κ1) is 15.5. The topological polar surface area (TPSA) is 54.5 Å². The minimum absolute atomic E-state index is 0.0535. The molecule has 2 aromatic rings. The van der Waals surface area contributed by atoms with Crippen LogP contribution in [-0.4, -0.2) is 37.2 Å². The summed E-state index contributed by atoms with van der Waals surface area (Å²) in [4.78, 5) is 18.7. The van der Waals surface area contributed by atoms with Crippen molar-refractivity contribution in [1.82, 2.24) is 4.98 Å². The SMILES string of the molecule is Cc1cccc(CC(=O)Nc2ccc(N3CCOCC3)cn2)c1. The van der Waals surface area contributed by atoms with Crippen molar-refractivity contribution < 1.29 is 9.53 Å². The van der Waals surface area contributed by atoms with Crippen LogP contribution in [0.25, 0.3) is 0 Å². The average Bonchev–Trinajstić information content (AvgIpc) is 2.56. The molecular formula is C18H21N3O2. The minimum atomic E-state index is -0.0535. The van der Waals surface area contributed by atoms with Gasteiger partial charge in [-0.1, -0.05) is 29.8 Å². The Kier molecular flexibility index (Phi) is 4.88. The third-order valence-corrected chi connectivity index (χ3v) is 3.84. The van der Waals surface area contributed by atoms with Crippen molar-refractivity contribution in [1.29, 1.82) is 0 Å². The van der Waals surface area contributed by atoms with Crippen LogP contribution in [-0.2, 0) is 16.0 Å². The smallest absolute Gasteiger partial charge is 0.229 e. The number of hydrogen-bond acceptors (Lipinski definition) is 4. The molecule has 120 valence electrons. The van der Waals surface area contributed by atoms with Gasteiger partial charge in [-0.15, -0.1) is 0 Å². The van der Waals surface area contributed by atoms with E-state index in [1.165, 1.54) is 0 Å². The number of hydrogen-bond donors (Lipinski definition) is 1. The third-order valence-electron chi connectivity index (χ3n) is 3.84. The maximum atomic E-state index is 12.1. The predicted molar refractivity (Wildman–Crippen MR) is 90.8 cm³/mol. The molecule has 1 amide bonds. The van der Waals surface area contributed by atoms with Gasteiger partial charge in [0.1, 0.15) is 5.82 Å². The average molecular weight is 311 g/mol. The van der Waals surface area contributed by atoms with E-state index in [9.17, 15) is 4.79 Å². The summed E-state index contributed by atoms with van der Waals surface area (Å²) in [5.41, 5.74) is 3.22. The highest BCUT2D eigenvalue weighted by atomic mass is 16.5. The summed E-state index contributed by atoms with van der Waals surface area (Å²) in [5, 5.41) is 2.85. The highest BCUT2D eigenvalue weighted by Gasteiger charge is 2.12. The molecule has 0 spiro atoms. The predicted octanol–water partition coefficient (Wildman–Crippen LogP) is 2.41. The molecule has 0 bridgehead atoms. The zero-order valence-corrected chi connectivity index (χ0v) is 13.3. The molecule has 23 heavy (non-hydrogen) atoms. The van der Waals surface area contributed by atoms with E-state index in [4.69, 9.17) is 4.74 Å². The number of morpholine rings is 1. The molecule has 2 heterocycles. The van der Waals surface area contributed by atoms with Crippen LogP contribution in [0.15, 0.2) is 42.6 Å². The molecule has 1 aromatic carbocycles. The second-order valence-electron chi connectivity index (χ2n) is 5.72. The van der Waals surface area contributed by atoms with Gasteiger partial charge in [-0.05, 0) is 24.6 Å². The van der Waals surface area contributed by atoms with E-state index in [0.717, 1.165) is 43.1 Å². The molecule has 1 N–H and O–H groups in total. The van der Waals surface area contributed by atoms with Crippen molar-refractivity contribution in [3.05, 3.63) is 53.7 Å². The second-order valence-corrected chi connectivity index (χ2v) is 5.72. The summed E-state index contributed by atoms with van der Waals surface area (Å²) in [6.45, 7) is 5.26. The molecule has 1 aliphatic rings.